The number of methoxy groups -OCH3 is 1. The number of thiophene rings is 1. The number of nitriles is 1. The second-order valence-corrected chi connectivity index (χ2v) is 11.2. The van der Waals surface area contributed by atoms with Crippen molar-refractivity contribution >= 4 is 27.9 Å². The molecule has 182 valence electrons. The molecule has 7 heteroatoms. The van der Waals surface area contributed by atoms with Crippen LogP contribution in [0.2, 0.25) is 0 Å². The molecule has 34 heavy (non-hydrogen) atoms. The molecule has 4 rings (SSSR count). The third-order valence-electron chi connectivity index (χ3n) is 7.80. The van der Waals surface area contributed by atoms with E-state index >= 15 is 0 Å². The van der Waals surface area contributed by atoms with Gasteiger partial charge in [-0.2, -0.15) is 5.26 Å². The zero-order chi connectivity index (χ0) is 24.3. The Bertz CT molecular complexity index is 1060. The first-order chi connectivity index (χ1) is 16.3. The number of nitrogens with one attached hydrogen (secondary N) is 1. The highest BCUT2D eigenvalue weighted by molar-refractivity contribution is 7.16. The van der Waals surface area contributed by atoms with Crippen molar-refractivity contribution in [1.29, 1.82) is 5.26 Å². The number of hydrogen-bond donors (Lipinski definition) is 1. The van der Waals surface area contributed by atoms with Crippen LogP contribution >= 0.6 is 11.3 Å². The lowest BCUT2D eigenvalue weighted by Gasteiger charge is -2.36. The number of nitrogens with zero attached hydrogens (tertiary/aromatic N) is 3. The summed E-state index contributed by atoms with van der Waals surface area (Å²) in [4.78, 5) is 18.7. The number of amides is 1. The summed E-state index contributed by atoms with van der Waals surface area (Å²) >= 11 is 1.62. The van der Waals surface area contributed by atoms with Crippen LogP contribution in [0, 0.1) is 22.7 Å². The van der Waals surface area contributed by atoms with Gasteiger partial charge in [-0.05, 0) is 48.3 Å². The van der Waals surface area contributed by atoms with Crippen molar-refractivity contribution in [2.75, 3.05) is 50.1 Å². The number of carbonyl (C=O) groups excluding carboxylic acids is 1. The molecular formula is C27H36N4O2S. The smallest absolute Gasteiger partial charge is 0.239 e. The van der Waals surface area contributed by atoms with Gasteiger partial charge >= 0.3 is 0 Å². The Hall–Kier alpha value is -2.56. The van der Waals surface area contributed by atoms with Gasteiger partial charge in [0.25, 0.3) is 0 Å². The Labute approximate surface area is 207 Å². The molecule has 0 radical (unpaired) electrons. The zero-order valence-corrected chi connectivity index (χ0v) is 21.6. The van der Waals surface area contributed by atoms with Crippen LogP contribution in [0.25, 0.3) is 0 Å². The maximum atomic E-state index is 12.9. The Morgan fingerprint density at radius 1 is 1.29 bits per heavy atom. The summed E-state index contributed by atoms with van der Waals surface area (Å²) in [7, 11) is 1.68. The summed E-state index contributed by atoms with van der Waals surface area (Å²) in [6, 6.07) is 10.5. The molecule has 1 unspecified atom stereocenters. The van der Waals surface area contributed by atoms with Crippen LogP contribution in [0.1, 0.15) is 49.6 Å². The van der Waals surface area contributed by atoms with Crippen molar-refractivity contribution in [2.45, 2.75) is 46.5 Å². The Morgan fingerprint density at radius 3 is 2.74 bits per heavy atom. The molecule has 1 aliphatic heterocycles. The van der Waals surface area contributed by atoms with Gasteiger partial charge in [-0.25, -0.2) is 0 Å². The number of ether oxygens (including phenoxy) is 1. The summed E-state index contributed by atoms with van der Waals surface area (Å²) in [5, 5.41) is 13.6. The first-order valence-electron chi connectivity index (χ1n) is 12.3. The summed E-state index contributed by atoms with van der Waals surface area (Å²) in [6.45, 7) is 10.7. The molecule has 1 aromatic carbocycles. The molecule has 0 saturated carbocycles. The number of rotatable bonds is 7. The first kappa shape index (κ1) is 24.6. The van der Waals surface area contributed by atoms with E-state index in [2.05, 4.69) is 54.1 Å². The van der Waals surface area contributed by atoms with Gasteiger partial charge in [0, 0.05) is 42.8 Å². The van der Waals surface area contributed by atoms with E-state index < -0.39 is 0 Å². The molecule has 0 bridgehead atoms. The minimum absolute atomic E-state index is 0.0321. The van der Waals surface area contributed by atoms with Crippen molar-refractivity contribution < 1.29 is 9.53 Å². The second kappa shape index (κ2) is 10.4. The molecule has 2 aromatic rings. The molecule has 1 aliphatic carbocycles. The Balaban J connectivity index is 1.35. The average molecular weight is 481 g/mol. The minimum Gasteiger partial charge on any atom is -0.497 e. The summed E-state index contributed by atoms with van der Waals surface area (Å²) in [5.74, 6) is 1.45. The second-order valence-electron chi connectivity index (χ2n) is 10.1. The van der Waals surface area contributed by atoms with Gasteiger partial charge in [0.2, 0.25) is 5.91 Å². The van der Waals surface area contributed by atoms with Crippen LogP contribution < -0.4 is 15.0 Å². The summed E-state index contributed by atoms with van der Waals surface area (Å²) in [6.07, 6.45) is 4.21. The topological polar surface area (TPSA) is 68.6 Å². The lowest BCUT2D eigenvalue weighted by Crippen LogP contribution is -2.48. The quantitative estimate of drug-likeness (QED) is 0.609. The predicted octanol–water partition coefficient (Wildman–Crippen LogP) is 4.93. The number of anilines is 2. The number of piperazine rings is 1. The molecular weight excluding hydrogens is 444 g/mol. The van der Waals surface area contributed by atoms with Crippen molar-refractivity contribution in [3.05, 3.63) is 40.3 Å². The monoisotopic (exact) mass is 480 g/mol. The third kappa shape index (κ3) is 5.24. The van der Waals surface area contributed by atoms with Crippen LogP contribution in [0.4, 0.5) is 10.7 Å². The van der Waals surface area contributed by atoms with Gasteiger partial charge in [-0.15, -0.1) is 11.3 Å². The van der Waals surface area contributed by atoms with Crippen LogP contribution in [0.15, 0.2) is 24.3 Å². The van der Waals surface area contributed by atoms with E-state index in [1.165, 1.54) is 4.88 Å². The average Bonchev–Trinajstić information content (AvgIpc) is 3.20. The molecule has 1 saturated heterocycles. The SMILES string of the molecule is CCC(C)(C)C1CCc2c(sc(NC(=O)CN3CCN(c4cccc(OC)c4)CC3)c2C#N)C1. The summed E-state index contributed by atoms with van der Waals surface area (Å²) < 4.78 is 5.34. The fraction of sp³-hybridized carbons (Fsp3) is 0.556. The van der Waals surface area contributed by atoms with Crippen LogP contribution in [0.5, 0.6) is 5.75 Å². The highest BCUT2D eigenvalue weighted by atomic mass is 32.1. The van der Waals surface area contributed by atoms with E-state index in [1.54, 1.807) is 18.4 Å². The Kier molecular flexibility index (Phi) is 7.49. The van der Waals surface area contributed by atoms with Crippen molar-refractivity contribution in [1.82, 2.24) is 4.90 Å². The van der Waals surface area contributed by atoms with Crippen molar-refractivity contribution in [3.8, 4) is 11.8 Å². The van der Waals surface area contributed by atoms with Crippen molar-refractivity contribution in [3.63, 3.8) is 0 Å². The number of fused-ring (bicyclic) bond motifs is 1. The maximum absolute atomic E-state index is 12.9. The standard InChI is InChI=1S/C27H36N4O2S/c1-5-27(2,3)19-9-10-22-23(17-28)26(34-24(22)15-19)29-25(32)18-30-11-13-31(14-12-30)20-7-6-8-21(16-20)33-4/h6-8,16,19H,5,9-15,18H2,1-4H3,(H,29,32). The molecule has 2 heterocycles. The third-order valence-corrected chi connectivity index (χ3v) is 8.97. The fourth-order valence-electron chi connectivity index (χ4n) is 5.09. The molecule has 2 aliphatic rings. The normalized spacial score (nSPS) is 18.8. The largest absolute Gasteiger partial charge is 0.497 e. The van der Waals surface area contributed by atoms with E-state index in [0.717, 1.165) is 73.9 Å². The van der Waals surface area contributed by atoms with Crippen LogP contribution in [-0.2, 0) is 17.6 Å². The van der Waals surface area contributed by atoms with E-state index in [0.29, 0.717) is 23.4 Å². The predicted molar refractivity (Wildman–Crippen MR) is 139 cm³/mol. The van der Waals surface area contributed by atoms with Gasteiger partial charge in [0.05, 0.1) is 19.2 Å². The molecule has 1 atom stereocenters. The van der Waals surface area contributed by atoms with E-state index in [-0.39, 0.29) is 5.91 Å². The minimum atomic E-state index is -0.0321. The molecule has 1 N–H and O–H groups in total. The highest BCUT2D eigenvalue weighted by Crippen LogP contribution is 2.45. The van der Waals surface area contributed by atoms with Gasteiger partial charge in [0.1, 0.15) is 16.8 Å². The van der Waals surface area contributed by atoms with E-state index in [9.17, 15) is 10.1 Å². The van der Waals surface area contributed by atoms with Crippen LogP contribution in [0.3, 0.4) is 0 Å². The Morgan fingerprint density at radius 2 is 2.06 bits per heavy atom. The van der Waals surface area contributed by atoms with E-state index in [4.69, 9.17) is 4.74 Å². The number of carbonyl (C=O) groups is 1. The van der Waals surface area contributed by atoms with Gasteiger partial charge in [-0.3, -0.25) is 9.69 Å². The summed E-state index contributed by atoms with van der Waals surface area (Å²) in [5.41, 5.74) is 3.29. The lowest BCUT2D eigenvalue weighted by molar-refractivity contribution is -0.117. The van der Waals surface area contributed by atoms with E-state index in [1.807, 2.05) is 12.1 Å². The fourth-order valence-corrected chi connectivity index (χ4v) is 6.38. The lowest BCUT2D eigenvalue weighted by atomic mass is 9.69. The molecule has 6 nitrogen and oxygen atoms in total. The number of hydrogen-bond acceptors (Lipinski definition) is 6. The number of benzene rings is 1. The van der Waals surface area contributed by atoms with Gasteiger partial charge in [-0.1, -0.05) is 33.3 Å². The highest BCUT2D eigenvalue weighted by Gasteiger charge is 2.34. The zero-order valence-electron chi connectivity index (χ0n) is 20.8. The first-order valence-corrected chi connectivity index (χ1v) is 13.1. The molecule has 1 fully saturated rings. The molecule has 0 spiro atoms. The van der Waals surface area contributed by atoms with Gasteiger partial charge in [0.15, 0.2) is 0 Å². The van der Waals surface area contributed by atoms with Gasteiger partial charge < -0.3 is 15.0 Å². The molecule has 1 aromatic heterocycles. The maximum Gasteiger partial charge on any atom is 0.239 e. The van der Waals surface area contributed by atoms with Crippen LogP contribution in [-0.4, -0.2) is 50.6 Å². The molecule has 1 amide bonds. The van der Waals surface area contributed by atoms with Crippen molar-refractivity contribution in [2.24, 2.45) is 11.3 Å².